The molecule has 7 heteroatoms. The Morgan fingerprint density at radius 3 is 2.86 bits per heavy atom. The van der Waals surface area contributed by atoms with E-state index in [0.717, 1.165) is 61.5 Å². The average Bonchev–Trinajstić information content (AvgIpc) is 3.07. The Labute approximate surface area is 171 Å². The van der Waals surface area contributed by atoms with Crippen LogP contribution >= 0.6 is 0 Å². The largest absolute Gasteiger partial charge is 0.497 e. The van der Waals surface area contributed by atoms with Crippen molar-refractivity contribution < 1.29 is 9.53 Å². The maximum atomic E-state index is 13.2. The number of hydrogen-bond donors (Lipinski definition) is 2. The standard InChI is InChI=1S/C22H29N5O2/c1-22(20(28)24-16-8-11-27(2)12-9-16)10-7-15-14-23-21(26-19(15)22)25-17-5-4-6-18(13-17)29-3/h4-6,13-14,16H,7-12H2,1-3H3,(H,24,28)(H,23,25,26). The number of likely N-dealkylation sites (tertiary alicyclic amines) is 1. The topological polar surface area (TPSA) is 79.4 Å². The number of nitrogens with zero attached hydrogens (tertiary/aromatic N) is 3. The van der Waals surface area contributed by atoms with Crippen LogP contribution < -0.4 is 15.4 Å². The minimum atomic E-state index is -0.619. The lowest BCUT2D eigenvalue weighted by molar-refractivity contribution is -0.127. The summed E-state index contributed by atoms with van der Waals surface area (Å²) in [4.78, 5) is 24.7. The van der Waals surface area contributed by atoms with Crippen LogP contribution in [0.1, 0.15) is 37.4 Å². The van der Waals surface area contributed by atoms with Crippen LogP contribution in [0, 0.1) is 0 Å². The van der Waals surface area contributed by atoms with Crippen LogP contribution in [0.3, 0.4) is 0 Å². The molecule has 1 aliphatic carbocycles. The minimum Gasteiger partial charge on any atom is -0.497 e. The van der Waals surface area contributed by atoms with Gasteiger partial charge >= 0.3 is 0 Å². The minimum absolute atomic E-state index is 0.0804. The lowest BCUT2D eigenvalue weighted by Gasteiger charge is -2.32. The maximum Gasteiger partial charge on any atom is 0.232 e. The number of aryl methyl sites for hydroxylation is 1. The van der Waals surface area contributed by atoms with E-state index in [1.165, 1.54) is 0 Å². The summed E-state index contributed by atoms with van der Waals surface area (Å²) in [6.45, 7) is 4.05. The van der Waals surface area contributed by atoms with Crippen LogP contribution in [0.5, 0.6) is 5.75 Å². The fraction of sp³-hybridized carbons (Fsp3) is 0.500. The molecule has 2 N–H and O–H groups in total. The lowest BCUT2D eigenvalue weighted by Crippen LogP contribution is -2.49. The first kappa shape index (κ1) is 19.6. The highest BCUT2D eigenvalue weighted by molar-refractivity contribution is 5.88. The third kappa shape index (κ3) is 4.05. The normalized spacial score (nSPS) is 22.2. The molecule has 0 radical (unpaired) electrons. The second-order valence-electron chi connectivity index (χ2n) is 8.31. The van der Waals surface area contributed by atoms with Crippen molar-refractivity contribution in [3.05, 3.63) is 41.7 Å². The second-order valence-corrected chi connectivity index (χ2v) is 8.31. The molecule has 0 saturated carbocycles. The monoisotopic (exact) mass is 395 g/mol. The van der Waals surface area contributed by atoms with Crippen LogP contribution in [0.2, 0.25) is 0 Å². The average molecular weight is 396 g/mol. The number of nitrogens with one attached hydrogen (secondary N) is 2. The number of ether oxygens (including phenoxy) is 1. The summed E-state index contributed by atoms with van der Waals surface area (Å²) in [6, 6.07) is 7.87. The Bertz CT molecular complexity index is 895. The zero-order valence-electron chi connectivity index (χ0n) is 17.4. The van der Waals surface area contributed by atoms with Crippen LogP contribution in [-0.2, 0) is 16.6 Å². The summed E-state index contributed by atoms with van der Waals surface area (Å²) in [5.41, 5.74) is 2.12. The van der Waals surface area contributed by atoms with E-state index in [9.17, 15) is 4.79 Å². The van der Waals surface area contributed by atoms with Gasteiger partial charge in [-0.15, -0.1) is 0 Å². The molecule has 1 saturated heterocycles. The SMILES string of the molecule is COc1cccc(Nc2ncc3c(n2)C(C)(C(=O)NC2CCN(C)CC2)CC3)c1. The summed E-state index contributed by atoms with van der Waals surface area (Å²) >= 11 is 0. The van der Waals surface area contributed by atoms with Crippen LogP contribution in [0.25, 0.3) is 0 Å². The molecule has 0 spiro atoms. The van der Waals surface area contributed by atoms with Crippen molar-refractivity contribution in [3.8, 4) is 5.75 Å². The zero-order valence-corrected chi connectivity index (χ0v) is 17.4. The predicted molar refractivity (Wildman–Crippen MR) is 113 cm³/mol. The van der Waals surface area contributed by atoms with Crippen molar-refractivity contribution in [2.45, 2.75) is 44.1 Å². The van der Waals surface area contributed by atoms with E-state index in [4.69, 9.17) is 9.72 Å². The molecule has 1 unspecified atom stereocenters. The highest BCUT2D eigenvalue weighted by atomic mass is 16.5. The number of carbonyl (C=O) groups excluding carboxylic acids is 1. The Hall–Kier alpha value is -2.67. The van der Waals surface area contributed by atoms with E-state index in [-0.39, 0.29) is 11.9 Å². The van der Waals surface area contributed by atoms with E-state index in [1.807, 2.05) is 37.4 Å². The zero-order chi connectivity index (χ0) is 20.4. The molecule has 1 atom stereocenters. The molecule has 29 heavy (non-hydrogen) atoms. The lowest BCUT2D eigenvalue weighted by atomic mass is 9.86. The molecule has 2 aromatic rings. The molecule has 1 amide bonds. The Morgan fingerprint density at radius 1 is 1.31 bits per heavy atom. The molecule has 0 bridgehead atoms. The number of hydrogen-bond acceptors (Lipinski definition) is 6. The number of benzene rings is 1. The van der Waals surface area contributed by atoms with Gasteiger partial charge in [0.25, 0.3) is 0 Å². The molecule has 1 fully saturated rings. The van der Waals surface area contributed by atoms with Crippen LogP contribution in [0.4, 0.5) is 11.6 Å². The molecular weight excluding hydrogens is 366 g/mol. The third-order valence-electron chi connectivity index (χ3n) is 6.16. The van der Waals surface area contributed by atoms with E-state index in [0.29, 0.717) is 5.95 Å². The van der Waals surface area contributed by atoms with Gasteiger partial charge in [-0.25, -0.2) is 9.97 Å². The summed E-state index contributed by atoms with van der Waals surface area (Å²) in [5.74, 6) is 1.34. The number of piperidine rings is 1. The molecule has 1 aromatic carbocycles. The van der Waals surface area contributed by atoms with Gasteiger partial charge in [0.05, 0.1) is 18.2 Å². The van der Waals surface area contributed by atoms with Gasteiger partial charge < -0.3 is 20.3 Å². The number of fused-ring (bicyclic) bond motifs is 1. The molecule has 2 heterocycles. The van der Waals surface area contributed by atoms with Crippen molar-refractivity contribution in [1.82, 2.24) is 20.2 Å². The summed E-state index contributed by atoms with van der Waals surface area (Å²) in [6.07, 6.45) is 5.43. The van der Waals surface area contributed by atoms with Crippen molar-refractivity contribution in [3.63, 3.8) is 0 Å². The molecular formula is C22H29N5O2. The first-order valence-corrected chi connectivity index (χ1v) is 10.2. The van der Waals surface area contributed by atoms with Crippen LogP contribution in [0.15, 0.2) is 30.5 Å². The van der Waals surface area contributed by atoms with E-state index >= 15 is 0 Å². The van der Waals surface area contributed by atoms with E-state index in [1.54, 1.807) is 7.11 Å². The molecule has 7 nitrogen and oxygen atoms in total. The molecule has 4 rings (SSSR count). The number of carbonyl (C=O) groups is 1. The quantitative estimate of drug-likeness (QED) is 0.810. The Kier molecular flexibility index (Phi) is 5.41. The van der Waals surface area contributed by atoms with Crippen LogP contribution in [-0.4, -0.2) is 54.1 Å². The van der Waals surface area contributed by atoms with E-state index in [2.05, 4.69) is 27.6 Å². The summed E-state index contributed by atoms with van der Waals surface area (Å²) in [5, 5.41) is 6.52. The summed E-state index contributed by atoms with van der Waals surface area (Å²) < 4.78 is 5.27. The van der Waals surface area contributed by atoms with Gasteiger partial charge in [-0.2, -0.15) is 0 Å². The number of methoxy groups -OCH3 is 1. The van der Waals surface area contributed by atoms with Gasteiger partial charge in [0, 0.05) is 24.0 Å². The maximum absolute atomic E-state index is 13.2. The molecule has 1 aliphatic heterocycles. The first-order chi connectivity index (χ1) is 14.0. The highest BCUT2D eigenvalue weighted by Crippen LogP contribution is 2.38. The molecule has 154 valence electrons. The summed E-state index contributed by atoms with van der Waals surface area (Å²) in [7, 11) is 3.76. The van der Waals surface area contributed by atoms with Gasteiger partial charge in [0.15, 0.2) is 0 Å². The first-order valence-electron chi connectivity index (χ1n) is 10.2. The van der Waals surface area contributed by atoms with Gasteiger partial charge in [-0.1, -0.05) is 6.07 Å². The second kappa shape index (κ2) is 7.99. The Morgan fingerprint density at radius 2 is 2.10 bits per heavy atom. The Balaban J connectivity index is 1.52. The van der Waals surface area contributed by atoms with Crippen molar-refractivity contribution in [2.75, 3.05) is 32.6 Å². The highest BCUT2D eigenvalue weighted by Gasteiger charge is 2.43. The van der Waals surface area contributed by atoms with Crippen molar-refractivity contribution >= 4 is 17.5 Å². The van der Waals surface area contributed by atoms with Crippen molar-refractivity contribution in [1.29, 1.82) is 0 Å². The smallest absolute Gasteiger partial charge is 0.232 e. The van der Waals surface area contributed by atoms with Gasteiger partial charge in [-0.3, -0.25) is 4.79 Å². The number of rotatable bonds is 5. The van der Waals surface area contributed by atoms with Crippen molar-refractivity contribution in [2.24, 2.45) is 0 Å². The number of amides is 1. The third-order valence-corrected chi connectivity index (χ3v) is 6.16. The van der Waals surface area contributed by atoms with Gasteiger partial charge in [-0.05, 0) is 70.4 Å². The number of aromatic nitrogens is 2. The fourth-order valence-electron chi connectivity index (χ4n) is 4.18. The predicted octanol–water partition coefficient (Wildman–Crippen LogP) is 2.64. The molecule has 2 aliphatic rings. The fourth-order valence-corrected chi connectivity index (χ4v) is 4.18. The van der Waals surface area contributed by atoms with E-state index < -0.39 is 5.41 Å². The molecule has 1 aromatic heterocycles. The van der Waals surface area contributed by atoms with Gasteiger partial charge in [0.2, 0.25) is 11.9 Å². The van der Waals surface area contributed by atoms with Gasteiger partial charge in [0.1, 0.15) is 5.75 Å². The number of anilines is 2.